The van der Waals surface area contributed by atoms with Crippen LogP contribution in [-0.4, -0.2) is 18.9 Å². The van der Waals surface area contributed by atoms with Gasteiger partial charge in [0.15, 0.2) is 6.29 Å². The number of ether oxygens (including phenoxy) is 1. The minimum Gasteiger partial charge on any atom is -0.462 e. The summed E-state index contributed by atoms with van der Waals surface area (Å²) in [6.07, 6.45) is 0.658. The molecular weight excluding hydrogens is 283 g/mol. The van der Waals surface area contributed by atoms with Crippen LogP contribution in [0.1, 0.15) is 27.6 Å². The first-order chi connectivity index (χ1) is 7.10. The smallest absolute Gasteiger partial charge is 0.339 e. The van der Waals surface area contributed by atoms with Gasteiger partial charge in [0.2, 0.25) is 0 Å². The van der Waals surface area contributed by atoms with E-state index in [4.69, 9.17) is 16.3 Å². The Labute approximate surface area is 100 Å². The van der Waals surface area contributed by atoms with Crippen molar-refractivity contribution in [3.05, 3.63) is 32.8 Å². The third-order valence-electron chi connectivity index (χ3n) is 1.71. The largest absolute Gasteiger partial charge is 0.462 e. The first-order valence-electron chi connectivity index (χ1n) is 4.21. The van der Waals surface area contributed by atoms with Crippen LogP contribution in [0.15, 0.2) is 16.6 Å². The summed E-state index contributed by atoms with van der Waals surface area (Å²) in [6, 6.07) is 2.90. The Morgan fingerprint density at radius 3 is 2.80 bits per heavy atom. The highest BCUT2D eigenvalue weighted by atomic mass is 79.9. The minimum atomic E-state index is -0.499. The van der Waals surface area contributed by atoms with Crippen molar-refractivity contribution in [2.75, 3.05) is 6.61 Å². The van der Waals surface area contributed by atoms with Crippen molar-refractivity contribution in [3.63, 3.8) is 0 Å². The quantitative estimate of drug-likeness (QED) is 0.635. The lowest BCUT2D eigenvalue weighted by Gasteiger charge is -2.05. The van der Waals surface area contributed by atoms with Crippen LogP contribution in [0.2, 0.25) is 5.02 Å². The van der Waals surface area contributed by atoms with Crippen LogP contribution in [0.4, 0.5) is 0 Å². The topological polar surface area (TPSA) is 43.4 Å². The third-order valence-corrected chi connectivity index (χ3v) is 2.71. The van der Waals surface area contributed by atoms with E-state index < -0.39 is 5.97 Å². The lowest BCUT2D eigenvalue weighted by Crippen LogP contribution is -2.06. The lowest BCUT2D eigenvalue weighted by atomic mass is 10.1. The number of carbonyl (C=O) groups excluding carboxylic acids is 2. The van der Waals surface area contributed by atoms with Gasteiger partial charge in [-0.25, -0.2) is 4.79 Å². The van der Waals surface area contributed by atoms with Crippen LogP contribution in [0.25, 0.3) is 0 Å². The molecule has 80 valence electrons. The molecule has 0 aromatic heterocycles. The van der Waals surface area contributed by atoms with E-state index in [1.807, 2.05) is 0 Å². The highest BCUT2D eigenvalue weighted by Crippen LogP contribution is 2.25. The summed E-state index contributed by atoms with van der Waals surface area (Å²) in [5.41, 5.74) is 0.643. The number of aldehydes is 1. The molecule has 0 spiro atoms. The molecule has 0 fully saturated rings. The molecule has 0 radical (unpaired) electrons. The summed E-state index contributed by atoms with van der Waals surface area (Å²) in [7, 11) is 0. The zero-order valence-corrected chi connectivity index (χ0v) is 10.3. The standard InChI is InChI=1S/C10H8BrClO3/c1-2-15-10(14)7-4-8(11)6(5-13)3-9(7)12/h3-5H,2H2,1H3. The molecule has 0 N–H and O–H groups in total. The number of carbonyl (C=O) groups is 2. The number of halogens is 2. The van der Waals surface area contributed by atoms with E-state index in [2.05, 4.69) is 15.9 Å². The Bertz CT molecular complexity index is 404. The first-order valence-corrected chi connectivity index (χ1v) is 5.38. The van der Waals surface area contributed by atoms with Gasteiger partial charge in [-0.2, -0.15) is 0 Å². The van der Waals surface area contributed by atoms with Gasteiger partial charge in [-0.05, 0) is 19.1 Å². The van der Waals surface area contributed by atoms with E-state index in [0.29, 0.717) is 16.3 Å². The van der Waals surface area contributed by atoms with Crippen molar-refractivity contribution in [1.29, 1.82) is 0 Å². The van der Waals surface area contributed by atoms with Crippen LogP contribution in [0, 0.1) is 0 Å². The number of benzene rings is 1. The number of hydrogen-bond donors (Lipinski definition) is 0. The molecule has 0 saturated heterocycles. The normalized spacial score (nSPS) is 9.80. The summed E-state index contributed by atoms with van der Waals surface area (Å²) in [6.45, 7) is 1.99. The van der Waals surface area contributed by atoms with Crippen molar-refractivity contribution in [3.8, 4) is 0 Å². The highest BCUT2D eigenvalue weighted by Gasteiger charge is 2.14. The van der Waals surface area contributed by atoms with E-state index in [0.717, 1.165) is 0 Å². The second kappa shape index (κ2) is 5.28. The van der Waals surface area contributed by atoms with Gasteiger partial charge >= 0.3 is 5.97 Å². The summed E-state index contributed by atoms with van der Waals surface area (Å²) < 4.78 is 5.32. The maximum Gasteiger partial charge on any atom is 0.339 e. The van der Waals surface area contributed by atoms with Crippen LogP contribution in [0.3, 0.4) is 0 Å². The van der Waals surface area contributed by atoms with Gasteiger partial charge in [0.1, 0.15) is 0 Å². The molecule has 1 aromatic carbocycles. The van der Waals surface area contributed by atoms with Crippen molar-refractivity contribution >= 4 is 39.8 Å². The Morgan fingerprint density at radius 1 is 1.60 bits per heavy atom. The molecule has 0 bridgehead atoms. The van der Waals surface area contributed by atoms with E-state index in [1.54, 1.807) is 6.92 Å². The zero-order chi connectivity index (χ0) is 11.4. The van der Waals surface area contributed by atoms with Crippen molar-refractivity contribution < 1.29 is 14.3 Å². The van der Waals surface area contributed by atoms with E-state index in [-0.39, 0.29) is 17.2 Å². The van der Waals surface area contributed by atoms with E-state index in [1.165, 1.54) is 12.1 Å². The zero-order valence-electron chi connectivity index (χ0n) is 7.92. The SMILES string of the molecule is CCOC(=O)c1cc(Br)c(C=O)cc1Cl. The summed E-state index contributed by atoms with van der Waals surface area (Å²) in [5, 5.41) is 0.207. The Balaban J connectivity index is 3.15. The maximum absolute atomic E-state index is 11.4. The molecule has 0 atom stereocenters. The monoisotopic (exact) mass is 290 g/mol. The van der Waals surface area contributed by atoms with Crippen molar-refractivity contribution in [2.24, 2.45) is 0 Å². The van der Waals surface area contributed by atoms with Gasteiger partial charge in [-0.3, -0.25) is 4.79 Å². The van der Waals surface area contributed by atoms with Crippen molar-refractivity contribution in [2.45, 2.75) is 6.92 Å². The molecule has 0 amide bonds. The van der Waals surface area contributed by atoms with Crippen LogP contribution in [0.5, 0.6) is 0 Å². The Hall–Kier alpha value is -0.870. The molecule has 0 aliphatic rings. The van der Waals surface area contributed by atoms with Gasteiger partial charge < -0.3 is 4.74 Å². The Morgan fingerprint density at radius 2 is 2.27 bits per heavy atom. The molecule has 15 heavy (non-hydrogen) atoms. The number of hydrogen-bond acceptors (Lipinski definition) is 3. The second-order valence-corrected chi connectivity index (χ2v) is 3.95. The molecule has 0 saturated carbocycles. The Kier molecular flexibility index (Phi) is 4.29. The average Bonchev–Trinajstić information content (AvgIpc) is 2.21. The molecule has 3 nitrogen and oxygen atoms in total. The van der Waals surface area contributed by atoms with Gasteiger partial charge in [-0.15, -0.1) is 0 Å². The predicted octanol–water partition coefficient (Wildman–Crippen LogP) is 3.09. The minimum absolute atomic E-state index is 0.207. The third kappa shape index (κ3) is 2.79. The second-order valence-electron chi connectivity index (χ2n) is 2.69. The van der Waals surface area contributed by atoms with Crippen LogP contribution < -0.4 is 0 Å². The number of rotatable bonds is 3. The molecule has 1 aromatic rings. The molecule has 0 aliphatic heterocycles. The summed E-state index contributed by atoms with van der Waals surface area (Å²) in [5.74, 6) is -0.499. The van der Waals surface area contributed by atoms with Crippen LogP contribution >= 0.6 is 27.5 Å². The summed E-state index contributed by atoms with van der Waals surface area (Å²) in [4.78, 5) is 22.0. The summed E-state index contributed by atoms with van der Waals surface area (Å²) >= 11 is 8.99. The molecule has 0 heterocycles. The number of esters is 1. The fraction of sp³-hybridized carbons (Fsp3) is 0.200. The fourth-order valence-corrected chi connectivity index (χ4v) is 1.70. The molecule has 0 aliphatic carbocycles. The van der Waals surface area contributed by atoms with Gasteiger partial charge in [0, 0.05) is 10.0 Å². The molecular formula is C10H8BrClO3. The lowest BCUT2D eigenvalue weighted by molar-refractivity contribution is 0.0526. The predicted molar refractivity (Wildman–Crippen MR) is 60.5 cm³/mol. The first kappa shape index (κ1) is 12.2. The van der Waals surface area contributed by atoms with Crippen molar-refractivity contribution in [1.82, 2.24) is 0 Å². The van der Waals surface area contributed by atoms with Crippen LogP contribution in [-0.2, 0) is 4.74 Å². The van der Waals surface area contributed by atoms with Gasteiger partial charge in [0.25, 0.3) is 0 Å². The molecule has 1 rings (SSSR count). The molecule has 5 heteroatoms. The highest BCUT2D eigenvalue weighted by molar-refractivity contribution is 9.10. The average molecular weight is 292 g/mol. The fourth-order valence-electron chi connectivity index (χ4n) is 1.02. The van der Waals surface area contributed by atoms with E-state index in [9.17, 15) is 9.59 Å². The van der Waals surface area contributed by atoms with E-state index >= 15 is 0 Å². The van der Waals surface area contributed by atoms with Gasteiger partial charge in [-0.1, -0.05) is 27.5 Å². The molecule has 0 unspecified atom stereocenters. The maximum atomic E-state index is 11.4. The van der Waals surface area contributed by atoms with Gasteiger partial charge in [0.05, 0.1) is 17.2 Å².